The molecule has 31 heavy (non-hydrogen) atoms. The Kier molecular flexibility index (Phi) is 8.69. The number of benzene rings is 2. The lowest BCUT2D eigenvalue weighted by Crippen LogP contribution is -2.15. The molecule has 1 unspecified atom stereocenters. The van der Waals surface area contributed by atoms with Gasteiger partial charge < -0.3 is 5.32 Å². The van der Waals surface area contributed by atoms with Crippen LogP contribution in [0, 0.1) is 6.92 Å². The molecule has 168 valence electrons. The number of nitrogens with one attached hydrogen (secondary N) is 1. The predicted octanol–water partition coefficient (Wildman–Crippen LogP) is 7.93. The summed E-state index contributed by atoms with van der Waals surface area (Å²) in [6.45, 7) is 6.63. The quantitative estimate of drug-likeness (QED) is 0.294. The minimum absolute atomic E-state index is 0.288. The smallest absolute Gasteiger partial charge is 0.332 e. The Balaban J connectivity index is 1.65. The van der Waals surface area contributed by atoms with E-state index in [9.17, 15) is 9.18 Å². The van der Waals surface area contributed by atoms with Crippen molar-refractivity contribution >= 4 is 11.7 Å². The molecule has 0 bridgehead atoms. The topological polar surface area (TPSA) is 29.1 Å². The van der Waals surface area contributed by atoms with Crippen molar-refractivity contribution in [3.63, 3.8) is 0 Å². The van der Waals surface area contributed by atoms with Crippen molar-refractivity contribution in [2.75, 3.05) is 5.32 Å². The van der Waals surface area contributed by atoms with Crippen LogP contribution in [0.25, 0.3) is 0 Å². The second-order valence-electron chi connectivity index (χ2n) is 9.37. The minimum atomic E-state index is -1.29. The Hall–Kier alpha value is -2.16. The van der Waals surface area contributed by atoms with Crippen molar-refractivity contribution in [3.8, 4) is 0 Å². The van der Waals surface area contributed by atoms with Crippen molar-refractivity contribution in [1.29, 1.82) is 0 Å². The summed E-state index contributed by atoms with van der Waals surface area (Å²) in [7, 11) is 0. The highest BCUT2D eigenvalue weighted by Crippen LogP contribution is 2.36. The number of hydrogen-bond acceptors (Lipinski definition) is 2. The maximum Gasteiger partial charge on any atom is 0.332 e. The lowest BCUT2D eigenvalue weighted by atomic mass is 9.90. The van der Waals surface area contributed by atoms with Crippen LogP contribution in [0.3, 0.4) is 0 Å². The zero-order valence-corrected chi connectivity index (χ0v) is 19.5. The number of anilines is 1. The number of carbonyl (C=O) groups excluding carboxylic acids is 1. The lowest BCUT2D eigenvalue weighted by Gasteiger charge is -2.18. The molecule has 0 saturated heterocycles. The molecule has 0 aliphatic heterocycles. The second kappa shape index (κ2) is 11.5. The molecule has 3 heteroatoms. The highest BCUT2D eigenvalue weighted by Gasteiger charge is 2.22. The SMILES string of the molecule is CCCCCC(C)Nc1cc(CCc2ccc(C3CCCC3)c(C(=O)F)c2)ccc1C. The van der Waals surface area contributed by atoms with Gasteiger partial charge >= 0.3 is 6.04 Å². The summed E-state index contributed by atoms with van der Waals surface area (Å²) in [4.78, 5) is 11.7. The molecule has 3 rings (SSSR count). The third-order valence-corrected chi connectivity index (χ3v) is 6.77. The van der Waals surface area contributed by atoms with Crippen LogP contribution >= 0.6 is 0 Å². The van der Waals surface area contributed by atoms with E-state index in [4.69, 9.17) is 0 Å². The van der Waals surface area contributed by atoms with Gasteiger partial charge in [-0.2, -0.15) is 4.39 Å². The third-order valence-electron chi connectivity index (χ3n) is 6.77. The number of aryl methyl sites for hydroxylation is 3. The molecule has 0 amide bonds. The molecular weight excluding hydrogens is 385 g/mol. The average Bonchev–Trinajstić information content (AvgIpc) is 3.29. The normalized spacial score (nSPS) is 15.2. The standard InChI is InChI=1S/C28H38FNO/c1-4-5-6-9-21(3)30-27-19-23(13-12-20(27)2)15-14-22-16-17-25(24-10-7-8-11-24)26(18-22)28(29)31/h12-13,16-19,21,24,30H,4-11,14-15H2,1-3H3. The Morgan fingerprint density at radius 3 is 2.42 bits per heavy atom. The van der Waals surface area contributed by atoms with Gasteiger partial charge in [-0.25, -0.2) is 0 Å². The van der Waals surface area contributed by atoms with Gasteiger partial charge in [-0.15, -0.1) is 0 Å². The van der Waals surface area contributed by atoms with Crippen molar-refractivity contribution in [2.45, 2.75) is 96.9 Å². The first-order valence-corrected chi connectivity index (χ1v) is 12.2. The van der Waals surface area contributed by atoms with Crippen LogP contribution in [0.15, 0.2) is 36.4 Å². The fraction of sp³-hybridized carbons (Fsp3) is 0.536. The molecule has 2 aromatic carbocycles. The first kappa shape index (κ1) is 23.5. The van der Waals surface area contributed by atoms with E-state index in [0.29, 0.717) is 12.0 Å². The fourth-order valence-electron chi connectivity index (χ4n) is 4.83. The highest BCUT2D eigenvalue weighted by molar-refractivity contribution is 5.90. The molecule has 1 aliphatic carbocycles. The van der Waals surface area contributed by atoms with Crippen LogP contribution in [0.4, 0.5) is 10.1 Å². The molecule has 2 nitrogen and oxygen atoms in total. The minimum Gasteiger partial charge on any atom is -0.382 e. The molecule has 1 saturated carbocycles. The summed E-state index contributed by atoms with van der Waals surface area (Å²) in [5.41, 5.74) is 5.96. The monoisotopic (exact) mass is 423 g/mol. The summed E-state index contributed by atoms with van der Waals surface area (Å²) < 4.78 is 13.8. The molecule has 0 aromatic heterocycles. The van der Waals surface area contributed by atoms with E-state index in [-0.39, 0.29) is 5.56 Å². The molecule has 2 aromatic rings. The van der Waals surface area contributed by atoms with Gasteiger partial charge in [-0.05, 0) is 86.3 Å². The predicted molar refractivity (Wildman–Crippen MR) is 129 cm³/mol. The zero-order chi connectivity index (χ0) is 22.2. The number of halogens is 1. The van der Waals surface area contributed by atoms with Crippen LogP contribution in [-0.4, -0.2) is 12.1 Å². The molecule has 0 radical (unpaired) electrons. The number of unbranched alkanes of at least 4 members (excludes halogenated alkanes) is 2. The zero-order valence-electron chi connectivity index (χ0n) is 19.5. The highest BCUT2D eigenvalue weighted by atomic mass is 19.1. The summed E-state index contributed by atoms with van der Waals surface area (Å²) in [5, 5.41) is 3.68. The van der Waals surface area contributed by atoms with Crippen molar-refractivity contribution < 1.29 is 9.18 Å². The lowest BCUT2D eigenvalue weighted by molar-refractivity contribution is 0.0834. The van der Waals surface area contributed by atoms with E-state index >= 15 is 0 Å². The van der Waals surface area contributed by atoms with Crippen molar-refractivity contribution in [3.05, 3.63) is 64.2 Å². The van der Waals surface area contributed by atoms with Crippen LogP contribution < -0.4 is 5.32 Å². The van der Waals surface area contributed by atoms with E-state index in [0.717, 1.165) is 36.8 Å². The van der Waals surface area contributed by atoms with Gasteiger partial charge in [-0.3, -0.25) is 4.79 Å². The molecule has 1 fully saturated rings. The van der Waals surface area contributed by atoms with Gasteiger partial charge in [0.25, 0.3) is 0 Å². The summed E-state index contributed by atoms with van der Waals surface area (Å²) in [6.07, 6.45) is 11.1. The van der Waals surface area contributed by atoms with Gasteiger partial charge in [0.15, 0.2) is 0 Å². The van der Waals surface area contributed by atoms with Crippen LogP contribution in [0.1, 0.15) is 104 Å². The first-order chi connectivity index (χ1) is 15.0. The first-order valence-electron chi connectivity index (χ1n) is 12.2. The second-order valence-corrected chi connectivity index (χ2v) is 9.37. The Labute approximate surface area is 187 Å². The molecular formula is C28H38FNO. The van der Waals surface area contributed by atoms with Gasteiger partial charge in [0.2, 0.25) is 0 Å². The van der Waals surface area contributed by atoms with Crippen LogP contribution in [0.2, 0.25) is 0 Å². The Morgan fingerprint density at radius 2 is 1.74 bits per heavy atom. The maximum atomic E-state index is 13.8. The molecule has 0 heterocycles. The number of rotatable bonds is 11. The summed E-state index contributed by atoms with van der Waals surface area (Å²) in [5.74, 6) is 0.341. The van der Waals surface area contributed by atoms with Gasteiger partial charge in [-0.1, -0.05) is 63.3 Å². The van der Waals surface area contributed by atoms with E-state index in [2.05, 4.69) is 50.4 Å². The Bertz CT molecular complexity index is 869. The molecule has 1 N–H and O–H groups in total. The largest absolute Gasteiger partial charge is 0.382 e. The van der Waals surface area contributed by atoms with E-state index in [1.165, 1.54) is 55.3 Å². The Morgan fingerprint density at radius 1 is 1.06 bits per heavy atom. The van der Waals surface area contributed by atoms with Crippen LogP contribution in [0.5, 0.6) is 0 Å². The fourth-order valence-corrected chi connectivity index (χ4v) is 4.83. The van der Waals surface area contributed by atoms with Crippen molar-refractivity contribution in [2.24, 2.45) is 0 Å². The van der Waals surface area contributed by atoms with Crippen LogP contribution in [-0.2, 0) is 12.8 Å². The van der Waals surface area contributed by atoms with E-state index < -0.39 is 6.04 Å². The summed E-state index contributed by atoms with van der Waals surface area (Å²) in [6, 6.07) is 11.6. The van der Waals surface area contributed by atoms with Crippen molar-refractivity contribution in [1.82, 2.24) is 0 Å². The van der Waals surface area contributed by atoms with E-state index in [1.54, 1.807) is 6.07 Å². The average molecular weight is 424 g/mol. The van der Waals surface area contributed by atoms with E-state index in [1.807, 2.05) is 6.07 Å². The number of hydrogen-bond donors (Lipinski definition) is 1. The van der Waals surface area contributed by atoms with Gasteiger partial charge in [0.05, 0.1) is 5.56 Å². The third kappa shape index (κ3) is 6.66. The maximum absolute atomic E-state index is 13.8. The molecule has 1 atom stereocenters. The number of carbonyl (C=O) groups is 1. The van der Waals surface area contributed by atoms with Gasteiger partial charge in [0, 0.05) is 11.7 Å². The molecule has 0 spiro atoms. The molecule has 1 aliphatic rings. The van der Waals surface area contributed by atoms with Gasteiger partial charge in [0.1, 0.15) is 0 Å². The summed E-state index contributed by atoms with van der Waals surface area (Å²) >= 11 is 0.